The highest BCUT2D eigenvalue weighted by molar-refractivity contribution is 7.88. The fourth-order valence-corrected chi connectivity index (χ4v) is 4.65. The summed E-state index contributed by atoms with van der Waals surface area (Å²) in [5.41, 5.74) is 0.286. The number of amides is 1. The number of rotatable bonds is 3. The highest BCUT2D eigenvalue weighted by atomic mass is 32.2. The van der Waals surface area contributed by atoms with Gasteiger partial charge in [0, 0.05) is 25.0 Å². The Labute approximate surface area is 121 Å². The zero-order chi connectivity index (χ0) is 14.5. The van der Waals surface area contributed by atoms with Crippen LogP contribution in [0.25, 0.3) is 0 Å². The van der Waals surface area contributed by atoms with Gasteiger partial charge in [-0.3, -0.25) is 4.79 Å². The fourth-order valence-electron chi connectivity index (χ4n) is 3.88. The molecule has 3 aliphatic rings. The Morgan fingerprint density at radius 1 is 1.25 bits per heavy atom. The van der Waals surface area contributed by atoms with Crippen molar-refractivity contribution in [3.8, 4) is 0 Å². The Morgan fingerprint density at radius 3 is 2.25 bits per heavy atom. The first-order valence-corrected chi connectivity index (χ1v) is 9.43. The Balaban J connectivity index is 1.47. The van der Waals surface area contributed by atoms with Gasteiger partial charge in [-0.2, -0.15) is 0 Å². The van der Waals surface area contributed by atoms with E-state index in [0.717, 1.165) is 45.2 Å². The molecule has 0 radical (unpaired) electrons. The summed E-state index contributed by atoms with van der Waals surface area (Å²) < 4.78 is 25.1. The highest BCUT2D eigenvalue weighted by Gasteiger charge is 2.49. The van der Waals surface area contributed by atoms with Crippen molar-refractivity contribution >= 4 is 15.9 Å². The molecule has 114 valence electrons. The van der Waals surface area contributed by atoms with E-state index in [9.17, 15) is 13.2 Å². The number of hydrogen-bond acceptors (Lipinski definition) is 3. The molecular formula is C14H24N2O3S. The SMILES string of the molecule is C[C@@H]1C[C@@H]1C(=O)N1CCC2(CC1)CC(NS(C)(=O)=O)C2. The molecule has 1 aliphatic heterocycles. The first-order valence-electron chi connectivity index (χ1n) is 7.54. The van der Waals surface area contributed by atoms with Gasteiger partial charge < -0.3 is 4.90 Å². The van der Waals surface area contributed by atoms with Crippen molar-refractivity contribution in [3.05, 3.63) is 0 Å². The Morgan fingerprint density at radius 2 is 1.80 bits per heavy atom. The standard InChI is InChI=1S/C14H24N2O3S/c1-10-7-12(10)13(17)16-5-3-14(4-6-16)8-11(9-14)15-20(2,18)19/h10-12,15H,3-9H2,1-2H3/t10-,12+/m1/s1. The smallest absolute Gasteiger partial charge is 0.225 e. The summed E-state index contributed by atoms with van der Waals surface area (Å²) in [5.74, 6) is 1.20. The van der Waals surface area contributed by atoms with Gasteiger partial charge in [0.1, 0.15) is 0 Å². The van der Waals surface area contributed by atoms with Crippen molar-refractivity contribution in [1.82, 2.24) is 9.62 Å². The number of hydrogen-bond donors (Lipinski definition) is 1. The van der Waals surface area contributed by atoms with Gasteiger partial charge in [-0.15, -0.1) is 0 Å². The third-order valence-electron chi connectivity index (χ3n) is 5.30. The van der Waals surface area contributed by atoms with Gasteiger partial charge in [0.2, 0.25) is 15.9 Å². The van der Waals surface area contributed by atoms with E-state index in [4.69, 9.17) is 0 Å². The topological polar surface area (TPSA) is 66.5 Å². The molecule has 2 atom stereocenters. The number of likely N-dealkylation sites (tertiary alicyclic amines) is 1. The molecule has 1 amide bonds. The van der Waals surface area contributed by atoms with Gasteiger partial charge in [-0.1, -0.05) is 6.92 Å². The molecular weight excluding hydrogens is 276 g/mol. The molecule has 2 saturated carbocycles. The van der Waals surface area contributed by atoms with Crippen molar-refractivity contribution in [2.75, 3.05) is 19.3 Å². The minimum Gasteiger partial charge on any atom is -0.342 e. The zero-order valence-corrected chi connectivity index (χ0v) is 13.1. The first kappa shape index (κ1) is 14.3. The quantitative estimate of drug-likeness (QED) is 0.844. The van der Waals surface area contributed by atoms with E-state index in [1.807, 2.05) is 4.90 Å². The van der Waals surface area contributed by atoms with Crippen LogP contribution in [0, 0.1) is 17.3 Å². The molecule has 1 heterocycles. The van der Waals surface area contributed by atoms with E-state index < -0.39 is 10.0 Å². The van der Waals surface area contributed by atoms with Crippen molar-refractivity contribution in [2.45, 2.75) is 45.1 Å². The predicted molar refractivity (Wildman–Crippen MR) is 76.5 cm³/mol. The van der Waals surface area contributed by atoms with Crippen LogP contribution in [0.2, 0.25) is 0 Å². The Bertz CT molecular complexity index is 501. The lowest BCUT2D eigenvalue weighted by atomic mass is 9.60. The van der Waals surface area contributed by atoms with Crippen LogP contribution < -0.4 is 4.72 Å². The predicted octanol–water partition coefficient (Wildman–Crippen LogP) is 0.963. The minimum atomic E-state index is -3.09. The maximum absolute atomic E-state index is 12.2. The second-order valence-corrected chi connectivity index (χ2v) is 8.92. The summed E-state index contributed by atoms with van der Waals surface area (Å²) in [6.07, 6.45) is 6.20. The summed E-state index contributed by atoms with van der Waals surface area (Å²) in [6, 6.07) is 0.107. The molecule has 1 spiro atoms. The number of carbonyl (C=O) groups excluding carboxylic acids is 1. The third-order valence-corrected chi connectivity index (χ3v) is 6.06. The molecule has 0 aromatic rings. The number of sulfonamides is 1. The molecule has 20 heavy (non-hydrogen) atoms. The molecule has 0 bridgehead atoms. The van der Waals surface area contributed by atoms with Gasteiger partial charge >= 0.3 is 0 Å². The minimum absolute atomic E-state index is 0.107. The molecule has 1 N–H and O–H groups in total. The summed E-state index contributed by atoms with van der Waals surface area (Å²) in [7, 11) is -3.09. The van der Waals surface area contributed by atoms with Crippen LogP contribution in [0.1, 0.15) is 39.0 Å². The lowest BCUT2D eigenvalue weighted by Crippen LogP contribution is -2.55. The lowest BCUT2D eigenvalue weighted by molar-refractivity contribution is -0.136. The Hall–Kier alpha value is -0.620. The zero-order valence-electron chi connectivity index (χ0n) is 12.3. The molecule has 2 aliphatic carbocycles. The van der Waals surface area contributed by atoms with Gasteiger partial charge in [0.15, 0.2) is 0 Å². The average Bonchev–Trinajstić information content (AvgIpc) is 3.03. The fraction of sp³-hybridized carbons (Fsp3) is 0.929. The largest absolute Gasteiger partial charge is 0.342 e. The van der Waals surface area contributed by atoms with Crippen molar-refractivity contribution in [3.63, 3.8) is 0 Å². The van der Waals surface area contributed by atoms with Crippen LogP contribution in [0.15, 0.2) is 0 Å². The average molecular weight is 300 g/mol. The van der Waals surface area contributed by atoms with Gasteiger partial charge in [-0.25, -0.2) is 13.1 Å². The van der Waals surface area contributed by atoms with Crippen LogP contribution in [0.5, 0.6) is 0 Å². The maximum atomic E-state index is 12.2. The number of nitrogens with one attached hydrogen (secondary N) is 1. The molecule has 6 heteroatoms. The van der Waals surface area contributed by atoms with Crippen LogP contribution in [0.3, 0.4) is 0 Å². The second kappa shape index (κ2) is 4.70. The number of nitrogens with zero attached hydrogens (tertiary/aromatic N) is 1. The van der Waals surface area contributed by atoms with Crippen LogP contribution in [0.4, 0.5) is 0 Å². The Kier molecular flexibility index (Phi) is 3.36. The molecule has 0 aromatic carbocycles. The van der Waals surface area contributed by atoms with E-state index in [1.165, 1.54) is 6.26 Å². The maximum Gasteiger partial charge on any atom is 0.225 e. The van der Waals surface area contributed by atoms with Crippen molar-refractivity contribution in [1.29, 1.82) is 0 Å². The molecule has 3 fully saturated rings. The first-order chi connectivity index (χ1) is 9.28. The van der Waals surface area contributed by atoms with Gasteiger partial charge in [0.25, 0.3) is 0 Å². The molecule has 5 nitrogen and oxygen atoms in total. The summed E-state index contributed by atoms with van der Waals surface area (Å²) in [5, 5.41) is 0. The van der Waals surface area contributed by atoms with Gasteiger partial charge in [-0.05, 0) is 43.4 Å². The summed E-state index contributed by atoms with van der Waals surface area (Å²) >= 11 is 0. The van der Waals surface area contributed by atoms with Gasteiger partial charge in [0.05, 0.1) is 6.26 Å². The van der Waals surface area contributed by atoms with Crippen LogP contribution >= 0.6 is 0 Å². The van der Waals surface area contributed by atoms with Crippen LogP contribution in [-0.2, 0) is 14.8 Å². The van der Waals surface area contributed by atoms with Crippen LogP contribution in [-0.4, -0.2) is 44.6 Å². The monoisotopic (exact) mass is 300 g/mol. The van der Waals surface area contributed by atoms with E-state index >= 15 is 0 Å². The molecule has 3 rings (SSSR count). The second-order valence-electron chi connectivity index (χ2n) is 7.14. The normalized spacial score (nSPS) is 33.0. The van der Waals surface area contributed by atoms with E-state index in [2.05, 4.69) is 11.6 Å². The third kappa shape index (κ3) is 2.86. The lowest BCUT2D eigenvalue weighted by Gasteiger charge is -2.52. The number of piperidine rings is 1. The molecule has 1 saturated heterocycles. The molecule has 0 unspecified atom stereocenters. The van der Waals surface area contributed by atoms with E-state index in [0.29, 0.717) is 11.8 Å². The molecule has 0 aromatic heterocycles. The summed E-state index contributed by atoms with van der Waals surface area (Å²) in [4.78, 5) is 14.2. The van der Waals surface area contributed by atoms with E-state index in [1.54, 1.807) is 0 Å². The highest BCUT2D eigenvalue weighted by Crippen LogP contribution is 2.50. The number of carbonyl (C=O) groups is 1. The summed E-state index contributed by atoms with van der Waals surface area (Å²) in [6.45, 7) is 3.85. The van der Waals surface area contributed by atoms with Crippen molar-refractivity contribution in [2.24, 2.45) is 17.3 Å². The van der Waals surface area contributed by atoms with Crippen molar-refractivity contribution < 1.29 is 13.2 Å². The van der Waals surface area contributed by atoms with E-state index in [-0.39, 0.29) is 17.4 Å².